The van der Waals surface area contributed by atoms with Gasteiger partial charge in [0, 0.05) is 18.6 Å². The van der Waals surface area contributed by atoms with Gasteiger partial charge in [-0.05, 0) is 31.0 Å². The normalized spacial score (nSPS) is 24.6. The summed E-state index contributed by atoms with van der Waals surface area (Å²) in [6, 6.07) is 2.80. The molecule has 118 valence electrons. The van der Waals surface area contributed by atoms with E-state index in [9.17, 15) is 8.42 Å². The van der Waals surface area contributed by atoms with Crippen molar-refractivity contribution in [1.29, 1.82) is 0 Å². The predicted molar refractivity (Wildman–Crippen MR) is 83.9 cm³/mol. The van der Waals surface area contributed by atoms with Gasteiger partial charge in [0.2, 0.25) is 10.0 Å². The fraction of sp³-hybridized carbons (Fsp3) is 0.571. The second-order valence-electron chi connectivity index (χ2n) is 6.09. The van der Waals surface area contributed by atoms with Gasteiger partial charge in [0.25, 0.3) is 0 Å². The van der Waals surface area contributed by atoms with E-state index in [1.165, 1.54) is 6.07 Å². The third-order valence-electron chi connectivity index (χ3n) is 4.34. The van der Waals surface area contributed by atoms with E-state index in [0.717, 1.165) is 0 Å². The van der Waals surface area contributed by atoms with Crippen LogP contribution in [0.4, 0.5) is 5.69 Å². The number of anilines is 1. The van der Waals surface area contributed by atoms with Crippen molar-refractivity contribution >= 4 is 27.3 Å². The zero-order chi connectivity index (χ0) is 16.0. The first kappa shape index (κ1) is 16.5. The number of rotatable bonds is 4. The van der Waals surface area contributed by atoms with Crippen LogP contribution in [0.15, 0.2) is 17.0 Å². The SMILES string of the molecule is COC1CC(NS(=O)(=O)c2cc(N)c(Cl)cc2C)C1(C)C. The Morgan fingerprint density at radius 3 is 2.57 bits per heavy atom. The Kier molecular flexibility index (Phi) is 4.28. The molecule has 21 heavy (non-hydrogen) atoms. The quantitative estimate of drug-likeness (QED) is 0.829. The van der Waals surface area contributed by atoms with Crippen LogP contribution in [0, 0.1) is 12.3 Å². The molecule has 0 aromatic heterocycles. The average Bonchev–Trinajstić information content (AvgIpc) is 2.38. The molecule has 0 radical (unpaired) electrons. The van der Waals surface area contributed by atoms with Crippen LogP contribution >= 0.6 is 11.6 Å². The molecule has 1 fully saturated rings. The van der Waals surface area contributed by atoms with Crippen molar-refractivity contribution in [3.63, 3.8) is 0 Å². The molecule has 1 aromatic carbocycles. The van der Waals surface area contributed by atoms with E-state index in [1.807, 2.05) is 13.8 Å². The Morgan fingerprint density at radius 1 is 1.43 bits per heavy atom. The summed E-state index contributed by atoms with van der Waals surface area (Å²) in [6.45, 7) is 5.67. The summed E-state index contributed by atoms with van der Waals surface area (Å²) in [7, 11) is -2.00. The minimum Gasteiger partial charge on any atom is -0.397 e. The van der Waals surface area contributed by atoms with Gasteiger partial charge in [-0.2, -0.15) is 0 Å². The maximum absolute atomic E-state index is 12.6. The van der Waals surface area contributed by atoms with E-state index in [2.05, 4.69) is 4.72 Å². The van der Waals surface area contributed by atoms with Crippen LogP contribution in [0.3, 0.4) is 0 Å². The number of nitrogens with one attached hydrogen (secondary N) is 1. The maximum atomic E-state index is 12.6. The van der Waals surface area contributed by atoms with Gasteiger partial charge in [0.1, 0.15) is 0 Å². The molecule has 0 spiro atoms. The molecular weight excluding hydrogens is 312 g/mol. The number of nitrogens with two attached hydrogens (primary N) is 1. The van der Waals surface area contributed by atoms with Crippen LogP contribution in [-0.4, -0.2) is 27.7 Å². The molecule has 5 nitrogen and oxygen atoms in total. The average molecular weight is 333 g/mol. The van der Waals surface area contributed by atoms with Crippen LogP contribution in [0.5, 0.6) is 0 Å². The molecule has 0 heterocycles. The third-order valence-corrected chi connectivity index (χ3v) is 6.28. The van der Waals surface area contributed by atoms with Crippen molar-refractivity contribution in [3.8, 4) is 0 Å². The van der Waals surface area contributed by atoms with Gasteiger partial charge in [-0.1, -0.05) is 25.4 Å². The molecule has 2 unspecified atom stereocenters. The molecule has 0 amide bonds. The number of halogens is 1. The Hall–Kier alpha value is -0.820. The zero-order valence-electron chi connectivity index (χ0n) is 12.6. The monoisotopic (exact) mass is 332 g/mol. The molecule has 0 bridgehead atoms. The first-order valence-corrected chi connectivity index (χ1v) is 8.56. The molecule has 1 aromatic rings. The second kappa shape index (κ2) is 5.43. The molecule has 0 aliphatic heterocycles. The van der Waals surface area contributed by atoms with Gasteiger partial charge in [-0.25, -0.2) is 13.1 Å². The largest absolute Gasteiger partial charge is 0.397 e. The predicted octanol–water partition coefficient (Wildman–Crippen LogP) is 2.32. The van der Waals surface area contributed by atoms with Crippen molar-refractivity contribution in [3.05, 3.63) is 22.7 Å². The Labute approximate surface area is 130 Å². The van der Waals surface area contributed by atoms with Crippen LogP contribution in [0.2, 0.25) is 5.02 Å². The third kappa shape index (κ3) is 2.90. The van der Waals surface area contributed by atoms with Crippen LogP contribution < -0.4 is 10.5 Å². The molecule has 1 aliphatic carbocycles. The number of hydrogen-bond acceptors (Lipinski definition) is 4. The van der Waals surface area contributed by atoms with Crippen LogP contribution in [0.1, 0.15) is 25.8 Å². The molecular formula is C14H21ClN2O3S. The highest BCUT2D eigenvalue weighted by Crippen LogP contribution is 2.43. The summed E-state index contributed by atoms with van der Waals surface area (Å²) < 4.78 is 33.2. The number of aryl methyl sites for hydroxylation is 1. The maximum Gasteiger partial charge on any atom is 0.241 e. The molecule has 1 saturated carbocycles. The minimum atomic E-state index is -3.64. The number of methoxy groups -OCH3 is 1. The van der Waals surface area contributed by atoms with Gasteiger partial charge < -0.3 is 10.5 Å². The first-order valence-electron chi connectivity index (χ1n) is 6.70. The fourth-order valence-electron chi connectivity index (χ4n) is 2.69. The smallest absolute Gasteiger partial charge is 0.241 e. The van der Waals surface area contributed by atoms with Crippen LogP contribution in [-0.2, 0) is 14.8 Å². The molecule has 7 heteroatoms. The lowest BCUT2D eigenvalue weighted by Gasteiger charge is -2.51. The van der Waals surface area contributed by atoms with E-state index < -0.39 is 10.0 Å². The molecule has 1 aliphatic rings. The highest BCUT2D eigenvalue weighted by molar-refractivity contribution is 7.89. The lowest BCUT2D eigenvalue weighted by atomic mass is 9.65. The highest BCUT2D eigenvalue weighted by atomic mass is 35.5. The van der Waals surface area contributed by atoms with E-state index in [-0.39, 0.29) is 28.1 Å². The van der Waals surface area contributed by atoms with Gasteiger partial charge in [0.05, 0.1) is 21.7 Å². The fourth-order valence-corrected chi connectivity index (χ4v) is 4.58. The van der Waals surface area contributed by atoms with E-state index in [0.29, 0.717) is 17.0 Å². The highest BCUT2D eigenvalue weighted by Gasteiger charge is 2.50. The Morgan fingerprint density at radius 2 is 2.05 bits per heavy atom. The zero-order valence-corrected chi connectivity index (χ0v) is 14.2. The number of sulfonamides is 1. The van der Waals surface area contributed by atoms with Crippen molar-refractivity contribution in [2.45, 2.75) is 44.2 Å². The van der Waals surface area contributed by atoms with Gasteiger partial charge in [-0.3, -0.25) is 0 Å². The van der Waals surface area contributed by atoms with E-state index in [4.69, 9.17) is 22.1 Å². The topological polar surface area (TPSA) is 81.4 Å². The number of benzene rings is 1. The van der Waals surface area contributed by atoms with Gasteiger partial charge in [0.15, 0.2) is 0 Å². The van der Waals surface area contributed by atoms with Crippen molar-refractivity contribution in [1.82, 2.24) is 4.72 Å². The summed E-state index contributed by atoms with van der Waals surface area (Å²) in [5.41, 5.74) is 6.30. The Bertz CT molecular complexity index is 658. The molecule has 2 rings (SSSR count). The van der Waals surface area contributed by atoms with Crippen molar-refractivity contribution in [2.75, 3.05) is 12.8 Å². The summed E-state index contributed by atoms with van der Waals surface area (Å²) in [4.78, 5) is 0.168. The standard InChI is InChI=1S/C14H21ClN2O3S/c1-8-5-9(15)10(16)6-11(8)21(18,19)17-12-7-13(20-4)14(12,2)3/h5-6,12-13,17H,7,16H2,1-4H3. The summed E-state index contributed by atoms with van der Waals surface area (Å²) in [6.07, 6.45) is 0.715. The van der Waals surface area contributed by atoms with Crippen molar-refractivity contribution < 1.29 is 13.2 Å². The summed E-state index contributed by atoms with van der Waals surface area (Å²) in [5, 5.41) is 0.356. The van der Waals surface area contributed by atoms with E-state index in [1.54, 1.807) is 20.1 Å². The molecule has 2 atom stereocenters. The number of ether oxygens (including phenoxy) is 1. The summed E-state index contributed by atoms with van der Waals surface area (Å²) in [5.74, 6) is 0. The van der Waals surface area contributed by atoms with Crippen LogP contribution in [0.25, 0.3) is 0 Å². The number of hydrogen-bond donors (Lipinski definition) is 2. The lowest BCUT2D eigenvalue weighted by molar-refractivity contribution is -0.0908. The van der Waals surface area contributed by atoms with E-state index >= 15 is 0 Å². The van der Waals surface area contributed by atoms with Gasteiger partial charge >= 0.3 is 0 Å². The molecule has 0 saturated heterocycles. The number of nitrogen functional groups attached to an aromatic ring is 1. The lowest BCUT2D eigenvalue weighted by Crippen LogP contribution is -2.61. The van der Waals surface area contributed by atoms with Crippen molar-refractivity contribution in [2.24, 2.45) is 5.41 Å². The first-order chi connectivity index (χ1) is 9.59. The summed E-state index contributed by atoms with van der Waals surface area (Å²) >= 11 is 5.91. The van der Waals surface area contributed by atoms with Gasteiger partial charge in [-0.15, -0.1) is 0 Å². The molecule has 3 N–H and O–H groups in total. The second-order valence-corrected chi connectivity index (χ2v) is 8.18. The Balaban J connectivity index is 2.27. The minimum absolute atomic E-state index is 0.0570.